The lowest BCUT2D eigenvalue weighted by Gasteiger charge is -2.15. The Morgan fingerprint density at radius 2 is 2.06 bits per heavy atom. The Bertz CT molecular complexity index is 324. The Hall–Kier alpha value is -0.860. The smallest absolute Gasteiger partial charge is 0.0543 e. The molecule has 0 aliphatic heterocycles. The van der Waals surface area contributed by atoms with Crippen LogP contribution in [-0.4, -0.2) is 13.2 Å². The summed E-state index contributed by atoms with van der Waals surface area (Å²) in [6, 6.07) is 8.79. The van der Waals surface area contributed by atoms with Gasteiger partial charge in [-0.25, -0.2) is 0 Å². The highest BCUT2D eigenvalue weighted by atomic mass is 16.5. The topological polar surface area (TPSA) is 35.2 Å². The number of rotatable bonds is 7. The molecule has 0 aromatic heterocycles. The van der Waals surface area contributed by atoms with Crippen molar-refractivity contribution in [1.29, 1.82) is 0 Å². The molecule has 0 saturated carbocycles. The van der Waals surface area contributed by atoms with Gasteiger partial charge in [0.2, 0.25) is 0 Å². The minimum atomic E-state index is 0.129. The maximum absolute atomic E-state index is 6.21. The highest BCUT2D eigenvalue weighted by molar-refractivity contribution is 5.25. The van der Waals surface area contributed by atoms with Crippen LogP contribution in [-0.2, 0) is 11.2 Å². The lowest BCUT2D eigenvalue weighted by atomic mass is 9.98. The molecular weight excluding hydrogens is 210 g/mol. The molecule has 0 aliphatic carbocycles. The van der Waals surface area contributed by atoms with E-state index in [1.165, 1.54) is 17.5 Å². The largest absolute Gasteiger partial charge is 0.382 e. The molecular formula is C15H25NO. The SMILES string of the molecule is CCCc1cccc(C(N)CCC(C)OC)c1. The molecule has 0 fully saturated rings. The number of nitrogens with two attached hydrogens (primary N) is 1. The van der Waals surface area contributed by atoms with Crippen LogP contribution >= 0.6 is 0 Å². The Morgan fingerprint density at radius 3 is 2.71 bits per heavy atom. The summed E-state index contributed by atoms with van der Waals surface area (Å²) in [6.07, 6.45) is 4.59. The van der Waals surface area contributed by atoms with Crippen LogP contribution in [0.5, 0.6) is 0 Å². The van der Waals surface area contributed by atoms with E-state index in [1.54, 1.807) is 7.11 Å². The number of benzene rings is 1. The quantitative estimate of drug-likeness (QED) is 0.785. The first-order chi connectivity index (χ1) is 8.17. The molecule has 0 radical (unpaired) electrons. The number of ether oxygens (including phenoxy) is 1. The van der Waals surface area contributed by atoms with Crippen molar-refractivity contribution in [3.63, 3.8) is 0 Å². The van der Waals surface area contributed by atoms with Crippen LogP contribution in [0.2, 0.25) is 0 Å². The van der Waals surface area contributed by atoms with Crippen LogP contribution in [0.4, 0.5) is 0 Å². The molecule has 0 amide bonds. The van der Waals surface area contributed by atoms with Crippen molar-refractivity contribution in [2.45, 2.75) is 51.7 Å². The van der Waals surface area contributed by atoms with E-state index in [0.717, 1.165) is 19.3 Å². The minimum Gasteiger partial charge on any atom is -0.382 e. The van der Waals surface area contributed by atoms with Crippen molar-refractivity contribution in [1.82, 2.24) is 0 Å². The zero-order valence-electron chi connectivity index (χ0n) is 11.3. The van der Waals surface area contributed by atoms with Gasteiger partial charge < -0.3 is 10.5 Å². The summed E-state index contributed by atoms with van der Waals surface area (Å²) in [5.41, 5.74) is 8.85. The first-order valence-electron chi connectivity index (χ1n) is 6.54. The van der Waals surface area contributed by atoms with Crippen LogP contribution in [0.25, 0.3) is 0 Å². The lowest BCUT2D eigenvalue weighted by molar-refractivity contribution is 0.107. The van der Waals surface area contributed by atoms with Gasteiger partial charge in [-0.2, -0.15) is 0 Å². The molecule has 96 valence electrons. The van der Waals surface area contributed by atoms with Gasteiger partial charge in [0.1, 0.15) is 0 Å². The molecule has 2 nitrogen and oxygen atoms in total. The van der Waals surface area contributed by atoms with Crippen LogP contribution in [0.1, 0.15) is 50.3 Å². The average Bonchev–Trinajstić information content (AvgIpc) is 2.36. The number of aryl methyl sites for hydroxylation is 1. The second kappa shape index (κ2) is 7.46. The molecule has 17 heavy (non-hydrogen) atoms. The Labute approximate surface area is 105 Å². The second-order valence-corrected chi connectivity index (χ2v) is 4.73. The molecule has 0 saturated heterocycles. The predicted molar refractivity (Wildman–Crippen MR) is 73.1 cm³/mol. The molecule has 2 unspecified atom stereocenters. The lowest BCUT2D eigenvalue weighted by Crippen LogP contribution is -2.14. The molecule has 0 bridgehead atoms. The highest BCUT2D eigenvalue weighted by Crippen LogP contribution is 2.19. The van der Waals surface area contributed by atoms with Crippen molar-refractivity contribution >= 4 is 0 Å². The van der Waals surface area contributed by atoms with Gasteiger partial charge in [0, 0.05) is 13.2 Å². The Morgan fingerprint density at radius 1 is 1.29 bits per heavy atom. The molecule has 0 heterocycles. The molecule has 1 rings (SSSR count). The third-order valence-electron chi connectivity index (χ3n) is 3.20. The van der Waals surface area contributed by atoms with Crippen molar-refractivity contribution in [3.05, 3.63) is 35.4 Å². The highest BCUT2D eigenvalue weighted by Gasteiger charge is 2.08. The molecule has 2 N–H and O–H groups in total. The Balaban J connectivity index is 2.55. The fourth-order valence-electron chi connectivity index (χ4n) is 1.97. The van der Waals surface area contributed by atoms with Crippen LogP contribution in [0.3, 0.4) is 0 Å². The predicted octanol–water partition coefficient (Wildman–Crippen LogP) is 3.45. The average molecular weight is 235 g/mol. The van der Waals surface area contributed by atoms with E-state index < -0.39 is 0 Å². The van der Waals surface area contributed by atoms with Crippen molar-refractivity contribution in [2.75, 3.05) is 7.11 Å². The zero-order chi connectivity index (χ0) is 12.7. The first-order valence-corrected chi connectivity index (χ1v) is 6.54. The molecule has 1 aromatic carbocycles. The fourth-order valence-corrected chi connectivity index (χ4v) is 1.97. The van der Waals surface area contributed by atoms with Gasteiger partial charge in [-0.3, -0.25) is 0 Å². The Kier molecular flexibility index (Phi) is 6.23. The first kappa shape index (κ1) is 14.2. The monoisotopic (exact) mass is 235 g/mol. The van der Waals surface area contributed by atoms with Crippen molar-refractivity contribution in [2.24, 2.45) is 5.73 Å². The molecule has 1 aromatic rings. The summed E-state index contributed by atoms with van der Waals surface area (Å²) in [4.78, 5) is 0. The van der Waals surface area contributed by atoms with Gasteiger partial charge >= 0.3 is 0 Å². The van der Waals surface area contributed by atoms with E-state index in [1.807, 2.05) is 0 Å². The maximum atomic E-state index is 6.21. The van der Waals surface area contributed by atoms with E-state index in [4.69, 9.17) is 10.5 Å². The fraction of sp³-hybridized carbons (Fsp3) is 0.600. The summed E-state index contributed by atoms with van der Waals surface area (Å²) < 4.78 is 5.24. The summed E-state index contributed by atoms with van der Waals surface area (Å²) in [5.74, 6) is 0. The van der Waals surface area contributed by atoms with E-state index >= 15 is 0 Å². The van der Waals surface area contributed by atoms with Gasteiger partial charge in [-0.15, -0.1) is 0 Å². The van der Waals surface area contributed by atoms with E-state index in [2.05, 4.69) is 38.1 Å². The summed E-state index contributed by atoms with van der Waals surface area (Å²) in [6.45, 7) is 4.28. The second-order valence-electron chi connectivity index (χ2n) is 4.73. The third-order valence-corrected chi connectivity index (χ3v) is 3.20. The van der Waals surface area contributed by atoms with E-state index in [-0.39, 0.29) is 6.04 Å². The van der Waals surface area contributed by atoms with Crippen LogP contribution in [0, 0.1) is 0 Å². The van der Waals surface area contributed by atoms with Crippen LogP contribution in [0.15, 0.2) is 24.3 Å². The van der Waals surface area contributed by atoms with Gasteiger partial charge in [-0.1, -0.05) is 37.6 Å². The molecule has 0 spiro atoms. The maximum Gasteiger partial charge on any atom is 0.0543 e. The van der Waals surface area contributed by atoms with Crippen LogP contribution < -0.4 is 5.73 Å². The third kappa shape index (κ3) is 4.88. The minimum absolute atomic E-state index is 0.129. The normalized spacial score (nSPS) is 14.6. The molecule has 0 aliphatic rings. The van der Waals surface area contributed by atoms with Gasteiger partial charge in [-0.05, 0) is 37.3 Å². The summed E-state index contributed by atoms with van der Waals surface area (Å²) in [5, 5.41) is 0. The number of hydrogen-bond donors (Lipinski definition) is 1. The number of hydrogen-bond acceptors (Lipinski definition) is 2. The molecule has 2 atom stereocenters. The van der Waals surface area contributed by atoms with Gasteiger partial charge in [0.25, 0.3) is 0 Å². The zero-order valence-corrected chi connectivity index (χ0v) is 11.3. The molecule has 2 heteroatoms. The number of methoxy groups -OCH3 is 1. The van der Waals surface area contributed by atoms with Crippen molar-refractivity contribution in [3.8, 4) is 0 Å². The summed E-state index contributed by atoms with van der Waals surface area (Å²) in [7, 11) is 1.75. The standard InChI is InChI=1S/C15H25NO/c1-4-6-13-7-5-8-14(11-13)15(16)10-9-12(2)17-3/h5,7-8,11-12,15H,4,6,9-10,16H2,1-3H3. The van der Waals surface area contributed by atoms with Gasteiger partial charge in [0.15, 0.2) is 0 Å². The summed E-state index contributed by atoms with van der Waals surface area (Å²) >= 11 is 0. The van der Waals surface area contributed by atoms with E-state index in [9.17, 15) is 0 Å². The van der Waals surface area contributed by atoms with Gasteiger partial charge in [0.05, 0.1) is 6.10 Å². The van der Waals surface area contributed by atoms with E-state index in [0.29, 0.717) is 6.10 Å². The van der Waals surface area contributed by atoms with Crippen molar-refractivity contribution < 1.29 is 4.74 Å².